The van der Waals surface area contributed by atoms with Crippen molar-refractivity contribution >= 4 is 0 Å². The summed E-state index contributed by atoms with van der Waals surface area (Å²) < 4.78 is 0. The summed E-state index contributed by atoms with van der Waals surface area (Å²) in [5, 5.41) is 3.10. The number of hydrogen-bond acceptors (Lipinski definition) is 3. The highest BCUT2D eigenvalue weighted by Crippen LogP contribution is 1.94. The van der Waals surface area contributed by atoms with Crippen molar-refractivity contribution < 1.29 is 0 Å². The minimum atomic E-state index is 0.493. The Morgan fingerprint density at radius 2 is 1.80 bits per heavy atom. The number of rotatable bonds is 4. The van der Waals surface area contributed by atoms with Gasteiger partial charge in [-0.05, 0) is 35.1 Å². The van der Waals surface area contributed by atoms with Gasteiger partial charge in [-0.2, -0.15) is 0 Å². The van der Waals surface area contributed by atoms with Crippen LogP contribution >= 0.6 is 0 Å². The molecule has 1 atom stereocenters. The lowest BCUT2D eigenvalue weighted by molar-refractivity contribution is 0.115. The van der Waals surface area contributed by atoms with Crippen molar-refractivity contribution in [1.82, 2.24) is 15.1 Å². The molecule has 0 aromatic carbocycles. The van der Waals surface area contributed by atoms with Crippen LogP contribution in [0.15, 0.2) is 0 Å². The number of nitrogens with zero attached hydrogens (tertiary/aromatic N) is 2. The minimum absolute atomic E-state index is 0.493. The van der Waals surface area contributed by atoms with E-state index in [1.165, 1.54) is 0 Å². The fourth-order valence-corrected chi connectivity index (χ4v) is 0.776. The summed E-state index contributed by atoms with van der Waals surface area (Å²) in [5.74, 6) is 0. The molecular formula is C7H19N3. The fourth-order valence-electron chi connectivity index (χ4n) is 0.776. The lowest BCUT2D eigenvalue weighted by Gasteiger charge is -2.29. The molecule has 0 aromatic heterocycles. The van der Waals surface area contributed by atoms with E-state index in [1.54, 1.807) is 0 Å². The quantitative estimate of drug-likeness (QED) is 0.562. The van der Waals surface area contributed by atoms with Crippen molar-refractivity contribution in [2.45, 2.75) is 13.1 Å². The molecule has 1 N–H and O–H groups in total. The molecule has 0 saturated heterocycles. The van der Waals surface area contributed by atoms with Gasteiger partial charge in [0.05, 0.1) is 6.17 Å². The molecule has 0 radical (unpaired) electrons. The molecule has 62 valence electrons. The predicted octanol–water partition coefficient (Wildman–Crippen LogP) is 0.00270. The summed E-state index contributed by atoms with van der Waals surface area (Å²) in [6.07, 6.45) is 0.493. The summed E-state index contributed by atoms with van der Waals surface area (Å²) >= 11 is 0. The topological polar surface area (TPSA) is 18.5 Å². The first-order valence-corrected chi connectivity index (χ1v) is 3.61. The molecule has 0 aromatic rings. The zero-order chi connectivity index (χ0) is 8.15. The maximum atomic E-state index is 3.10. The van der Waals surface area contributed by atoms with Crippen molar-refractivity contribution in [1.29, 1.82) is 0 Å². The van der Waals surface area contributed by atoms with Crippen LogP contribution in [0.4, 0.5) is 0 Å². The van der Waals surface area contributed by atoms with E-state index < -0.39 is 0 Å². The Morgan fingerprint density at radius 3 is 2.10 bits per heavy atom. The van der Waals surface area contributed by atoms with Gasteiger partial charge in [-0.25, -0.2) is 0 Å². The Balaban J connectivity index is 3.58. The van der Waals surface area contributed by atoms with Gasteiger partial charge in [0.1, 0.15) is 0 Å². The number of hydrogen-bond donors (Lipinski definition) is 1. The average molecular weight is 145 g/mol. The van der Waals surface area contributed by atoms with Crippen LogP contribution in [0.25, 0.3) is 0 Å². The van der Waals surface area contributed by atoms with Crippen molar-refractivity contribution in [2.75, 3.05) is 34.9 Å². The third-order valence-corrected chi connectivity index (χ3v) is 1.79. The van der Waals surface area contributed by atoms with E-state index >= 15 is 0 Å². The first kappa shape index (κ1) is 9.88. The second-order valence-electron chi connectivity index (χ2n) is 2.86. The zero-order valence-corrected chi connectivity index (χ0v) is 7.68. The Labute approximate surface area is 64.0 Å². The Morgan fingerprint density at radius 1 is 1.30 bits per heavy atom. The van der Waals surface area contributed by atoms with Crippen LogP contribution in [-0.2, 0) is 0 Å². The van der Waals surface area contributed by atoms with Crippen LogP contribution in [0.2, 0.25) is 0 Å². The summed E-state index contributed by atoms with van der Waals surface area (Å²) in [6, 6.07) is 0. The first-order valence-electron chi connectivity index (χ1n) is 3.61. The summed E-state index contributed by atoms with van der Waals surface area (Å²) in [6.45, 7) is 3.11. The maximum absolute atomic E-state index is 3.10. The van der Waals surface area contributed by atoms with Crippen molar-refractivity contribution in [2.24, 2.45) is 0 Å². The van der Waals surface area contributed by atoms with Crippen LogP contribution in [0.1, 0.15) is 6.92 Å². The van der Waals surface area contributed by atoms with Gasteiger partial charge >= 0.3 is 0 Å². The van der Waals surface area contributed by atoms with Crippen LogP contribution < -0.4 is 5.32 Å². The fraction of sp³-hybridized carbons (Fsp3) is 1.00. The molecule has 0 amide bonds. The Bertz CT molecular complexity index is 82.9. The van der Waals surface area contributed by atoms with Crippen molar-refractivity contribution in [3.05, 3.63) is 0 Å². The standard InChI is InChI=1S/C7H19N3/c1-7(9(3)4)10(5)6-8-2/h7-8H,6H2,1-5H3/t7-/m1/s1. The number of nitrogens with one attached hydrogen (secondary N) is 1. The molecule has 10 heavy (non-hydrogen) atoms. The monoisotopic (exact) mass is 145 g/mol. The van der Waals surface area contributed by atoms with Gasteiger partial charge in [0.25, 0.3) is 0 Å². The van der Waals surface area contributed by atoms with E-state index in [0.29, 0.717) is 6.17 Å². The van der Waals surface area contributed by atoms with Gasteiger partial charge < -0.3 is 5.32 Å². The highest BCUT2D eigenvalue weighted by atomic mass is 15.3. The lowest BCUT2D eigenvalue weighted by Crippen LogP contribution is -2.43. The predicted molar refractivity (Wildman–Crippen MR) is 44.8 cm³/mol. The van der Waals surface area contributed by atoms with Crippen LogP contribution in [0, 0.1) is 0 Å². The molecule has 0 heterocycles. The minimum Gasteiger partial charge on any atom is -0.307 e. The third kappa shape index (κ3) is 3.15. The Kier molecular flexibility index (Phi) is 4.60. The van der Waals surface area contributed by atoms with Crippen LogP contribution in [0.3, 0.4) is 0 Å². The summed E-state index contributed by atoms with van der Waals surface area (Å²) in [7, 11) is 8.22. The maximum Gasteiger partial charge on any atom is 0.0596 e. The molecule has 3 nitrogen and oxygen atoms in total. The largest absolute Gasteiger partial charge is 0.307 e. The molecule has 0 aliphatic carbocycles. The molecule has 0 rings (SSSR count). The molecule has 0 aliphatic heterocycles. The van der Waals surface area contributed by atoms with E-state index in [0.717, 1.165) is 6.67 Å². The van der Waals surface area contributed by atoms with Gasteiger partial charge in [0, 0.05) is 6.67 Å². The van der Waals surface area contributed by atoms with E-state index in [-0.39, 0.29) is 0 Å². The second-order valence-corrected chi connectivity index (χ2v) is 2.86. The van der Waals surface area contributed by atoms with E-state index in [4.69, 9.17) is 0 Å². The van der Waals surface area contributed by atoms with Crippen molar-refractivity contribution in [3.63, 3.8) is 0 Å². The molecule has 0 spiro atoms. The van der Waals surface area contributed by atoms with Gasteiger partial charge in [-0.15, -0.1) is 0 Å². The van der Waals surface area contributed by atoms with Gasteiger partial charge in [-0.1, -0.05) is 0 Å². The zero-order valence-electron chi connectivity index (χ0n) is 7.68. The highest BCUT2D eigenvalue weighted by molar-refractivity contribution is 4.57. The van der Waals surface area contributed by atoms with Crippen LogP contribution in [-0.4, -0.2) is 50.8 Å². The molecule has 0 bridgehead atoms. The summed E-state index contributed by atoms with van der Waals surface area (Å²) in [4.78, 5) is 4.41. The van der Waals surface area contributed by atoms with E-state index in [2.05, 4.69) is 43.2 Å². The molecule has 3 heteroatoms. The van der Waals surface area contributed by atoms with Crippen molar-refractivity contribution in [3.8, 4) is 0 Å². The van der Waals surface area contributed by atoms with Crippen LogP contribution in [0.5, 0.6) is 0 Å². The van der Waals surface area contributed by atoms with Gasteiger partial charge in [0.2, 0.25) is 0 Å². The second kappa shape index (κ2) is 4.66. The smallest absolute Gasteiger partial charge is 0.0596 e. The molecule has 0 aliphatic rings. The molecular weight excluding hydrogens is 126 g/mol. The molecule has 0 fully saturated rings. The summed E-state index contributed by atoms with van der Waals surface area (Å²) in [5.41, 5.74) is 0. The third-order valence-electron chi connectivity index (χ3n) is 1.79. The molecule has 0 unspecified atom stereocenters. The lowest BCUT2D eigenvalue weighted by atomic mass is 10.5. The highest BCUT2D eigenvalue weighted by Gasteiger charge is 2.08. The van der Waals surface area contributed by atoms with E-state index in [9.17, 15) is 0 Å². The van der Waals surface area contributed by atoms with Gasteiger partial charge in [0.15, 0.2) is 0 Å². The normalized spacial score (nSPS) is 14.7. The molecule has 0 saturated carbocycles. The Hall–Kier alpha value is -0.120. The van der Waals surface area contributed by atoms with Gasteiger partial charge in [-0.3, -0.25) is 9.80 Å². The van der Waals surface area contributed by atoms with E-state index in [1.807, 2.05) is 7.05 Å². The SMILES string of the molecule is CNCN(C)[C@H](C)N(C)C. The average Bonchev–Trinajstić information content (AvgIpc) is 1.87. The first-order chi connectivity index (χ1) is 4.59.